The van der Waals surface area contributed by atoms with Crippen molar-refractivity contribution in [3.8, 4) is 0 Å². The molecule has 0 aromatic heterocycles. The number of carbonyl (C=O) groups is 1. The fourth-order valence-corrected chi connectivity index (χ4v) is 1.65. The molecule has 0 saturated carbocycles. The number of hydrogen-bond acceptors (Lipinski definition) is 3. The lowest BCUT2D eigenvalue weighted by Gasteiger charge is -2.17. The second kappa shape index (κ2) is 4.03. The molecule has 2 unspecified atom stereocenters. The Balaban J connectivity index is 2.21. The summed E-state index contributed by atoms with van der Waals surface area (Å²) in [6.45, 7) is 4.18. The fraction of sp³-hybridized carbons (Fsp3) is 0.417. The van der Waals surface area contributed by atoms with Crippen LogP contribution in [0.1, 0.15) is 42.4 Å². The Kier molecular flexibility index (Phi) is 2.73. The maximum Gasteiger partial charge on any atom is 0.340 e. The monoisotopic (exact) mass is 205 g/mol. The molecule has 0 bridgehead atoms. The Morgan fingerprint density at radius 1 is 1.47 bits per heavy atom. The summed E-state index contributed by atoms with van der Waals surface area (Å²) < 4.78 is 5.25. The quantitative estimate of drug-likeness (QED) is 0.769. The van der Waals surface area contributed by atoms with Gasteiger partial charge in [0, 0.05) is 11.6 Å². The first-order chi connectivity index (χ1) is 7.22. The van der Waals surface area contributed by atoms with E-state index in [9.17, 15) is 4.79 Å². The van der Waals surface area contributed by atoms with Gasteiger partial charge in [-0.15, -0.1) is 0 Å². The second-order valence-electron chi connectivity index (χ2n) is 3.85. The van der Waals surface area contributed by atoms with Crippen LogP contribution in [0, 0.1) is 0 Å². The summed E-state index contributed by atoms with van der Waals surface area (Å²) in [6.07, 6.45) is 0.736. The van der Waals surface area contributed by atoms with Gasteiger partial charge in [0.2, 0.25) is 0 Å². The van der Waals surface area contributed by atoms with Crippen molar-refractivity contribution in [2.75, 3.05) is 0 Å². The average molecular weight is 205 g/mol. The predicted molar refractivity (Wildman–Crippen MR) is 57.5 cm³/mol. The lowest BCUT2D eigenvalue weighted by molar-refractivity contribution is 0.0281. The molecule has 1 aliphatic heterocycles. The van der Waals surface area contributed by atoms with Gasteiger partial charge in [-0.3, -0.25) is 5.32 Å². The van der Waals surface area contributed by atoms with Gasteiger partial charge < -0.3 is 4.74 Å². The van der Waals surface area contributed by atoms with Gasteiger partial charge in [-0.25, -0.2) is 4.79 Å². The van der Waals surface area contributed by atoms with E-state index in [1.807, 2.05) is 18.2 Å². The van der Waals surface area contributed by atoms with E-state index in [2.05, 4.69) is 19.2 Å². The number of carbonyl (C=O) groups excluding carboxylic acids is 1. The molecular formula is C12H15NO2. The van der Waals surface area contributed by atoms with Crippen molar-refractivity contribution in [3.05, 3.63) is 35.4 Å². The molecule has 15 heavy (non-hydrogen) atoms. The second-order valence-corrected chi connectivity index (χ2v) is 3.85. The molecular weight excluding hydrogens is 190 g/mol. The van der Waals surface area contributed by atoms with E-state index in [-0.39, 0.29) is 12.2 Å². The Morgan fingerprint density at radius 3 is 2.93 bits per heavy atom. The number of benzene rings is 1. The van der Waals surface area contributed by atoms with Crippen molar-refractivity contribution in [1.82, 2.24) is 5.32 Å². The summed E-state index contributed by atoms with van der Waals surface area (Å²) in [4.78, 5) is 11.5. The van der Waals surface area contributed by atoms with Crippen LogP contribution in [0.25, 0.3) is 0 Å². The molecule has 1 aromatic rings. The van der Waals surface area contributed by atoms with Gasteiger partial charge in [0.1, 0.15) is 0 Å². The van der Waals surface area contributed by atoms with E-state index in [0.29, 0.717) is 11.6 Å². The maximum atomic E-state index is 11.5. The normalized spacial score (nSPS) is 20.9. The summed E-state index contributed by atoms with van der Waals surface area (Å²) in [5, 5.41) is 3.27. The number of nitrogens with one attached hydrogen (secondary N) is 1. The molecule has 0 saturated heterocycles. The van der Waals surface area contributed by atoms with Crippen LogP contribution in [0.4, 0.5) is 0 Å². The largest absolute Gasteiger partial charge is 0.439 e. The summed E-state index contributed by atoms with van der Waals surface area (Å²) in [5.41, 5.74) is 1.63. The van der Waals surface area contributed by atoms with E-state index in [1.54, 1.807) is 6.07 Å². The Hall–Kier alpha value is -1.35. The highest BCUT2D eigenvalue weighted by Crippen LogP contribution is 2.28. The molecule has 80 valence electrons. The van der Waals surface area contributed by atoms with Crippen molar-refractivity contribution in [1.29, 1.82) is 0 Å². The lowest BCUT2D eigenvalue weighted by Crippen LogP contribution is -2.29. The highest BCUT2D eigenvalue weighted by atomic mass is 16.6. The zero-order chi connectivity index (χ0) is 10.8. The van der Waals surface area contributed by atoms with Crippen LogP contribution in [0.15, 0.2) is 24.3 Å². The Bertz CT molecular complexity index is 376. The van der Waals surface area contributed by atoms with Gasteiger partial charge >= 0.3 is 5.97 Å². The fourth-order valence-electron chi connectivity index (χ4n) is 1.65. The summed E-state index contributed by atoms with van der Waals surface area (Å²) in [6, 6.07) is 7.85. The smallest absolute Gasteiger partial charge is 0.340 e. The zero-order valence-electron chi connectivity index (χ0n) is 8.99. The van der Waals surface area contributed by atoms with Gasteiger partial charge in [-0.05, 0) is 19.4 Å². The number of cyclic esters (lactones) is 1. The molecule has 1 aliphatic rings. The molecule has 3 nitrogen and oxygen atoms in total. The van der Waals surface area contributed by atoms with Crippen LogP contribution >= 0.6 is 0 Å². The highest BCUT2D eigenvalue weighted by Gasteiger charge is 2.30. The minimum atomic E-state index is -0.274. The molecule has 1 heterocycles. The molecule has 0 fully saturated rings. The minimum absolute atomic E-state index is 0.230. The molecule has 3 heteroatoms. The first kappa shape index (κ1) is 10.2. The Labute approximate surface area is 89.4 Å². The van der Waals surface area contributed by atoms with E-state index >= 15 is 0 Å². The van der Waals surface area contributed by atoms with Crippen LogP contribution in [0.2, 0.25) is 0 Å². The highest BCUT2D eigenvalue weighted by molar-refractivity contribution is 5.93. The molecule has 0 radical (unpaired) electrons. The van der Waals surface area contributed by atoms with Crippen molar-refractivity contribution in [3.63, 3.8) is 0 Å². The number of rotatable bonds is 3. The lowest BCUT2D eigenvalue weighted by atomic mass is 10.1. The molecule has 0 spiro atoms. The third-order valence-electron chi connectivity index (χ3n) is 2.74. The van der Waals surface area contributed by atoms with Crippen molar-refractivity contribution >= 4 is 5.97 Å². The molecule has 2 rings (SSSR count). The molecule has 1 N–H and O–H groups in total. The molecule has 0 aliphatic carbocycles. The van der Waals surface area contributed by atoms with Crippen molar-refractivity contribution in [2.45, 2.75) is 32.5 Å². The van der Waals surface area contributed by atoms with Gasteiger partial charge in [0.25, 0.3) is 0 Å². The number of fused-ring (bicyclic) bond motifs is 1. The first-order valence-corrected chi connectivity index (χ1v) is 5.28. The Morgan fingerprint density at radius 2 is 2.20 bits per heavy atom. The first-order valence-electron chi connectivity index (χ1n) is 5.28. The van der Waals surface area contributed by atoms with Crippen LogP contribution in [-0.2, 0) is 4.74 Å². The van der Waals surface area contributed by atoms with Crippen LogP contribution in [-0.4, -0.2) is 12.0 Å². The molecule has 2 atom stereocenters. The van der Waals surface area contributed by atoms with Crippen molar-refractivity contribution < 1.29 is 9.53 Å². The standard InChI is InChI=1S/C12H15NO2/c1-3-8(2)13-11-9-6-4-5-7-10(9)12(14)15-11/h4-8,11,13H,3H2,1-2H3. The summed E-state index contributed by atoms with van der Waals surface area (Å²) >= 11 is 0. The number of esters is 1. The van der Waals surface area contributed by atoms with E-state index in [4.69, 9.17) is 4.74 Å². The van der Waals surface area contributed by atoms with E-state index in [0.717, 1.165) is 12.0 Å². The summed E-state index contributed by atoms with van der Waals surface area (Å²) in [7, 11) is 0. The topological polar surface area (TPSA) is 38.3 Å². The minimum Gasteiger partial charge on any atom is -0.439 e. The maximum absolute atomic E-state index is 11.5. The third kappa shape index (κ3) is 1.88. The SMILES string of the molecule is CCC(C)NC1OC(=O)c2ccccc21. The van der Waals surface area contributed by atoms with Gasteiger partial charge in [-0.2, -0.15) is 0 Å². The third-order valence-corrected chi connectivity index (χ3v) is 2.74. The van der Waals surface area contributed by atoms with Crippen LogP contribution in [0.3, 0.4) is 0 Å². The van der Waals surface area contributed by atoms with E-state index in [1.165, 1.54) is 0 Å². The van der Waals surface area contributed by atoms with Gasteiger partial charge in [0.05, 0.1) is 5.56 Å². The predicted octanol–water partition coefficient (Wildman–Crippen LogP) is 2.24. The van der Waals surface area contributed by atoms with Crippen LogP contribution < -0.4 is 5.32 Å². The average Bonchev–Trinajstić information content (AvgIpc) is 2.57. The molecule has 0 amide bonds. The van der Waals surface area contributed by atoms with Gasteiger partial charge in [-0.1, -0.05) is 25.1 Å². The van der Waals surface area contributed by atoms with Gasteiger partial charge in [0.15, 0.2) is 6.23 Å². The number of ether oxygens (including phenoxy) is 1. The molecule has 1 aromatic carbocycles. The summed E-state index contributed by atoms with van der Waals surface area (Å²) in [5.74, 6) is -0.230. The van der Waals surface area contributed by atoms with E-state index < -0.39 is 0 Å². The van der Waals surface area contributed by atoms with Crippen molar-refractivity contribution in [2.24, 2.45) is 0 Å². The van der Waals surface area contributed by atoms with Crippen LogP contribution in [0.5, 0.6) is 0 Å². The number of hydrogen-bond donors (Lipinski definition) is 1. The zero-order valence-corrected chi connectivity index (χ0v) is 8.99.